The smallest absolute Gasteiger partial charge is 0.291 e. The zero-order valence-corrected chi connectivity index (χ0v) is 14.6. The van der Waals surface area contributed by atoms with E-state index in [9.17, 15) is 4.79 Å². The maximum atomic E-state index is 12.1. The van der Waals surface area contributed by atoms with Crippen molar-refractivity contribution in [3.05, 3.63) is 56.3 Å². The summed E-state index contributed by atoms with van der Waals surface area (Å²) in [5.74, 6) is -0.633. The number of aryl methyl sites for hydroxylation is 1. The Hall–Kier alpha value is -1.82. The summed E-state index contributed by atoms with van der Waals surface area (Å²) in [5.41, 5.74) is 10.5. The average Bonchev–Trinajstić information content (AvgIpc) is 2.54. The van der Waals surface area contributed by atoms with E-state index >= 15 is 0 Å². The Bertz CT molecular complexity index is 788. The van der Waals surface area contributed by atoms with E-state index in [4.69, 9.17) is 40.5 Å². The second-order valence-corrected chi connectivity index (χ2v) is 5.91. The molecule has 0 spiro atoms. The molecule has 0 unspecified atom stereocenters. The summed E-state index contributed by atoms with van der Waals surface area (Å²) in [6.07, 6.45) is 0. The average molecular weight is 372 g/mol. The first kappa shape index (κ1) is 17.5. The summed E-state index contributed by atoms with van der Waals surface area (Å²) in [7, 11) is 0. The van der Waals surface area contributed by atoms with Gasteiger partial charge in [-0.15, -0.1) is 0 Å². The molecule has 2 aromatic rings. The molecule has 1 heterocycles. The number of carbonyl (C=O) groups excluding carboxylic acids is 1. The second kappa shape index (κ2) is 7.17. The first-order valence-corrected chi connectivity index (χ1v) is 7.66. The quantitative estimate of drug-likeness (QED) is 0.484. The van der Waals surface area contributed by atoms with E-state index < -0.39 is 5.91 Å². The van der Waals surface area contributed by atoms with Gasteiger partial charge >= 0.3 is 0 Å². The van der Waals surface area contributed by atoms with E-state index in [0.29, 0.717) is 5.71 Å². The number of nitrogens with two attached hydrogens (primary N) is 1. The Kier molecular flexibility index (Phi) is 5.46. The molecule has 1 amide bonds. The fraction of sp³-hybridized carbons (Fsp3) is 0.133. The molecule has 0 saturated carbocycles. The minimum absolute atomic E-state index is 0.00211. The van der Waals surface area contributed by atoms with Crippen LogP contribution in [0, 0.1) is 6.92 Å². The maximum Gasteiger partial charge on any atom is 0.291 e. The van der Waals surface area contributed by atoms with E-state index in [2.05, 4.69) is 15.5 Å². The second-order valence-electron chi connectivity index (χ2n) is 4.80. The first-order valence-electron chi connectivity index (χ1n) is 6.53. The van der Waals surface area contributed by atoms with E-state index in [0.717, 1.165) is 11.1 Å². The van der Waals surface area contributed by atoms with Crippen LogP contribution in [0.3, 0.4) is 0 Å². The third kappa shape index (κ3) is 3.93. The lowest BCUT2D eigenvalue weighted by molar-refractivity contribution is 0.0950. The van der Waals surface area contributed by atoms with Crippen LogP contribution in [0.5, 0.6) is 0 Å². The molecule has 8 heteroatoms. The van der Waals surface area contributed by atoms with Crippen LogP contribution in [-0.2, 0) is 0 Å². The molecule has 3 N–H and O–H groups in total. The number of pyridine rings is 1. The predicted molar refractivity (Wildman–Crippen MR) is 94.5 cm³/mol. The number of hydrazone groups is 1. The predicted octanol–water partition coefficient (Wildman–Crippen LogP) is 4.09. The molecule has 1 aromatic heterocycles. The number of benzene rings is 1. The molecule has 2 rings (SSSR count). The van der Waals surface area contributed by atoms with Gasteiger partial charge in [-0.25, -0.2) is 10.4 Å². The van der Waals surface area contributed by atoms with Crippen LogP contribution in [0.2, 0.25) is 15.2 Å². The van der Waals surface area contributed by atoms with Crippen LogP contribution in [0.15, 0.2) is 29.4 Å². The van der Waals surface area contributed by atoms with Gasteiger partial charge in [-0.2, -0.15) is 5.10 Å². The Morgan fingerprint density at radius 3 is 2.39 bits per heavy atom. The van der Waals surface area contributed by atoms with Crippen LogP contribution in [0.25, 0.3) is 0 Å². The molecular weight excluding hydrogens is 359 g/mol. The standard InChI is InChI=1S/C15H13Cl3N4O/c1-7-3-5-9(6-4-7)8(2)21-22-15(23)13-10(16)12(19)11(17)14(18)20-13/h3-6H,1-2H3,(H2,19,20)(H,22,23). The summed E-state index contributed by atoms with van der Waals surface area (Å²) >= 11 is 17.6. The molecule has 0 bridgehead atoms. The molecule has 5 nitrogen and oxygen atoms in total. The van der Waals surface area contributed by atoms with Crippen molar-refractivity contribution in [2.24, 2.45) is 5.10 Å². The molecule has 0 atom stereocenters. The van der Waals surface area contributed by atoms with Crippen molar-refractivity contribution in [3.63, 3.8) is 0 Å². The SMILES string of the molecule is CC(=NNC(=O)c1nc(Cl)c(Cl)c(N)c1Cl)c1ccc(C)cc1. The highest BCUT2D eigenvalue weighted by Gasteiger charge is 2.19. The summed E-state index contributed by atoms with van der Waals surface area (Å²) in [5, 5.41) is 3.86. The summed E-state index contributed by atoms with van der Waals surface area (Å²) < 4.78 is 0. The molecule has 0 aliphatic carbocycles. The number of rotatable bonds is 3. The van der Waals surface area contributed by atoms with Gasteiger partial charge in [0, 0.05) is 0 Å². The molecule has 0 saturated heterocycles. The van der Waals surface area contributed by atoms with Crippen LogP contribution in [-0.4, -0.2) is 16.6 Å². The Morgan fingerprint density at radius 2 is 1.78 bits per heavy atom. The number of nitrogen functional groups attached to an aromatic ring is 1. The van der Waals surface area contributed by atoms with Crippen LogP contribution < -0.4 is 11.2 Å². The summed E-state index contributed by atoms with van der Waals surface area (Å²) in [6, 6.07) is 7.72. The lowest BCUT2D eigenvalue weighted by Gasteiger charge is -2.08. The number of nitrogens with one attached hydrogen (secondary N) is 1. The van der Waals surface area contributed by atoms with Gasteiger partial charge in [-0.3, -0.25) is 4.79 Å². The number of nitrogens with zero attached hydrogens (tertiary/aromatic N) is 2. The van der Waals surface area contributed by atoms with Gasteiger partial charge < -0.3 is 5.73 Å². The molecule has 120 valence electrons. The van der Waals surface area contributed by atoms with E-state index in [1.807, 2.05) is 31.2 Å². The third-order valence-electron chi connectivity index (χ3n) is 3.08. The highest BCUT2D eigenvalue weighted by molar-refractivity contribution is 6.46. The van der Waals surface area contributed by atoms with Gasteiger partial charge in [0.25, 0.3) is 5.91 Å². The summed E-state index contributed by atoms with van der Waals surface area (Å²) in [4.78, 5) is 16.0. The third-order valence-corrected chi connectivity index (χ3v) is 4.22. The van der Waals surface area contributed by atoms with Crippen LogP contribution in [0.4, 0.5) is 5.69 Å². The van der Waals surface area contributed by atoms with Crippen molar-refractivity contribution in [2.75, 3.05) is 5.73 Å². The first-order chi connectivity index (χ1) is 10.8. The van der Waals surface area contributed by atoms with Crippen molar-refractivity contribution in [2.45, 2.75) is 13.8 Å². The fourth-order valence-electron chi connectivity index (χ4n) is 1.73. The lowest BCUT2D eigenvalue weighted by Crippen LogP contribution is -2.21. The van der Waals surface area contributed by atoms with Gasteiger partial charge in [0.15, 0.2) is 10.8 Å². The Balaban J connectivity index is 2.23. The number of hydrogen-bond donors (Lipinski definition) is 2. The highest BCUT2D eigenvalue weighted by atomic mass is 35.5. The summed E-state index contributed by atoms with van der Waals surface area (Å²) in [6.45, 7) is 3.75. The molecule has 23 heavy (non-hydrogen) atoms. The fourth-order valence-corrected chi connectivity index (χ4v) is 2.32. The Labute approximate surface area is 148 Å². The molecule has 1 aromatic carbocycles. The monoisotopic (exact) mass is 370 g/mol. The number of amides is 1. The maximum absolute atomic E-state index is 12.1. The van der Waals surface area contributed by atoms with Gasteiger partial charge in [-0.05, 0) is 19.4 Å². The van der Waals surface area contributed by atoms with Gasteiger partial charge in [0.2, 0.25) is 0 Å². The Morgan fingerprint density at radius 1 is 1.17 bits per heavy atom. The number of carbonyl (C=O) groups is 1. The molecule has 0 fully saturated rings. The van der Waals surface area contributed by atoms with Crippen molar-refractivity contribution in [1.29, 1.82) is 0 Å². The lowest BCUT2D eigenvalue weighted by atomic mass is 10.1. The van der Waals surface area contributed by atoms with Crippen molar-refractivity contribution in [1.82, 2.24) is 10.4 Å². The van der Waals surface area contributed by atoms with Gasteiger partial charge in [-0.1, -0.05) is 64.6 Å². The topological polar surface area (TPSA) is 80.4 Å². The zero-order valence-electron chi connectivity index (χ0n) is 12.3. The van der Waals surface area contributed by atoms with E-state index in [1.54, 1.807) is 6.92 Å². The van der Waals surface area contributed by atoms with Gasteiger partial charge in [0.1, 0.15) is 5.02 Å². The van der Waals surface area contributed by atoms with Crippen molar-refractivity contribution >= 4 is 52.1 Å². The zero-order chi connectivity index (χ0) is 17.1. The highest BCUT2D eigenvalue weighted by Crippen LogP contribution is 2.34. The normalized spacial score (nSPS) is 11.4. The molecule has 0 radical (unpaired) electrons. The van der Waals surface area contributed by atoms with E-state index in [-0.39, 0.29) is 26.6 Å². The minimum atomic E-state index is -0.633. The number of halogens is 3. The number of hydrogen-bond acceptors (Lipinski definition) is 4. The van der Waals surface area contributed by atoms with Crippen LogP contribution >= 0.6 is 34.8 Å². The van der Waals surface area contributed by atoms with Crippen molar-refractivity contribution in [3.8, 4) is 0 Å². The molecular formula is C15H13Cl3N4O. The molecule has 0 aliphatic rings. The van der Waals surface area contributed by atoms with Crippen LogP contribution in [0.1, 0.15) is 28.5 Å². The largest absolute Gasteiger partial charge is 0.396 e. The van der Waals surface area contributed by atoms with Gasteiger partial charge in [0.05, 0.1) is 16.4 Å². The molecule has 0 aliphatic heterocycles. The number of aromatic nitrogens is 1. The van der Waals surface area contributed by atoms with E-state index in [1.165, 1.54) is 0 Å². The number of anilines is 1. The minimum Gasteiger partial charge on any atom is -0.396 e. The van der Waals surface area contributed by atoms with Crippen molar-refractivity contribution < 1.29 is 4.79 Å².